The van der Waals surface area contributed by atoms with Gasteiger partial charge >= 0.3 is 12.1 Å². The molecule has 1 aromatic carbocycles. The van der Waals surface area contributed by atoms with Gasteiger partial charge in [0, 0.05) is 28.0 Å². The number of fused-ring (bicyclic) bond motifs is 5. The van der Waals surface area contributed by atoms with Crippen LogP contribution < -0.4 is 10.3 Å². The standard InChI is InChI=1S/C23H20F3NO5/c1-22(2,3)19-13-8-14(21(29)30)20(28)27(10-4-5-10)16(13)12-9-15(23(24,25)26)11-6-7-31-17(11)18(12)32-19/h6-10,19H,4-5H2,1-3H3,(H,29,30)/t19-/m1/s1. The second-order valence-electron chi connectivity index (χ2n) is 9.40. The summed E-state index contributed by atoms with van der Waals surface area (Å²) in [6.07, 6.45) is -2.92. The van der Waals surface area contributed by atoms with E-state index in [-0.39, 0.29) is 34.0 Å². The lowest BCUT2D eigenvalue weighted by Gasteiger charge is -2.38. The van der Waals surface area contributed by atoms with Crippen molar-refractivity contribution in [2.24, 2.45) is 5.41 Å². The van der Waals surface area contributed by atoms with Crippen molar-refractivity contribution in [3.05, 3.63) is 51.5 Å². The van der Waals surface area contributed by atoms with Crippen LogP contribution in [-0.4, -0.2) is 15.6 Å². The monoisotopic (exact) mass is 447 g/mol. The van der Waals surface area contributed by atoms with Crippen LogP contribution in [0.25, 0.3) is 22.2 Å². The zero-order chi connectivity index (χ0) is 23.2. The second-order valence-corrected chi connectivity index (χ2v) is 9.40. The highest BCUT2D eigenvalue weighted by Gasteiger charge is 2.44. The van der Waals surface area contributed by atoms with Gasteiger partial charge in [-0.15, -0.1) is 0 Å². The zero-order valence-electron chi connectivity index (χ0n) is 17.5. The maximum absolute atomic E-state index is 13.9. The fourth-order valence-electron chi connectivity index (χ4n) is 4.43. The third-order valence-corrected chi connectivity index (χ3v) is 5.97. The Balaban J connectivity index is 1.96. The van der Waals surface area contributed by atoms with Crippen molar-refractivity contribution in [2.45, 2.75) is 51.9 Å². The summed E-state index contributed by atoms with van der Waals surface area (Å²) in [7, 11) is 0. The van der Waals surface area contributed by atoms with E-state index in [1.54, 1.807) is 0 Å². The number of hydrogen-bond donors (Lipinski definition) is 1. The summed E-state index contributed by atoms with van der Waals surface area (Å²) < 4.78 is 54.7. The maximum atomic E-state index is 13.9. The van der Waals surface area contributed by atoms with Gasteiger partial charge in [-0.1, -0.05) is 20.8 Å². The Labute approximate surface area is 180 Å². The largest absolute Gasteiger partial charge is 0.480 e. The van der Waals surface area contributed by atoms with Crippen LogP contribution in [0.3, 0.4) is 0 Å². The number of pyridine rings is 1. The highest BCUT2D eigenvalue weighted by atomic mass is 19.4. The molecule has 1 atom stereocenters. The van der Waals surface area contributed by atoms with Crippen LogP contribution in [0.4, 0.5) is 13.2 Å². The number of carboxylic acids is 1. The molecule has 1 aliphatic carbocycles. The van der Waals surface area contributed by atoms with E-state index in [1.165, 1.54) is 23.0 Å². The Morgan fingerprint density at radius 2 is 1.88 bits per heavy atom. The fourth-order valence-corrected chi connectivity index (χ4v) is 4.43. The lowest BCUT2D eigenvalue weighted by atomic mass is 9.80. The van der Waals surface area contributed by atoms with Crippen molar-refractivity contribution in [1.82, 2.24) is 4.57 Å². The van der Waals surface area contributed by atoms with Crippen molar-refractivity contribution in [2.75, 3.05) is 0 Å². The average Bonchev–Trinajstić information content (AvgIpc) is 3.39. The molecule has 3 heterocycles. The van der Waals surface area contributed by atoms with Gasteiger partial charge in [0.05, 0.1) is 17.5 Å². The first-order valence-electron chi connectivity index (χ1n) is 10.2. The number of aromatic nitrogens is 1. The molecule has 32 heavy (non-hydrogen) atoms. The summed E-state index contributed by atoms with van der Waals surface area (Å²) >= 11 is 0. The van der Waals surface area contributed by atoms with Gasteiger partial charge < -0.3 is 18.8 Å². The molecule has 5 rings (SSSR count). The summed E-state index contributed by atoms with van der Waals surface area (Å²) in [6, 6.07) is 3.19. The van der Waals surface area contributed by atoms with Gasteiger partial charge in [-0.05, 0) is 31.0 Å². The predicted molar refractivity (Wildman–Crippen MR) is 109 cm³/mol. The van der Waals surface area contributed by atoms with Crippen LogP contribution in [0.2, 0.25) is 0 Å². The number of carboxylic acid groups (broad SMARTS) is 1. The molecular weight excluding hydrogens is 427 g/mol. The molecule has 2 aliphatic rings. The average molecular weight is 447 g/mol. The summed E-state index contributed by atoms with van der Waals surface area (Å²) in [5.74, 6) is -1.26. The first-order chi connectivity index (χ1) is 14.9. The van der Waals surface area contributed by atoms with E-state index < -0.39 is 40.4 Å². The van der Waals surface area contributed by atoms with E-state index in [2.05, 4.69) is 0 Å². The molecule has 9 heteroatoms. The minimum atomic E-state index is -4.66. The number of benzene rings is 1. The lowest BCUT2D eigenvalue weighted by Crippen LogP contribution is -2.34. The molecule has 2 aromatic heterocycles. The molecule has 0 saturated heterocycles. The molecular formula is C23H20F3NO5. The third-order valence-electron chi connectivity index (χ3n) is 5.97. The zero-order valence-corrected chi connectivity index (χ0v) is 17.5. The molecule has 1 aliphatic heterocycles. The van der Waals surface area contributed by atoms with Crippen LogP contribution in [-0.2, 0) is 6.18 Å². The van der Waals surface area contributed by atoms with E-state index in [0.29, 0.717) is 18.4 Å². The van der Waals surface area contributed by atoms with Gasteiger partial charge in [0.1, 0.15) is 11.7 Å². The molecule has 168 valence electrons. The smallest absolute Gasteiger partial charge is 0.417 e. The lowest BCUT2D eigenvalue weighted by molar-refractivity contribution is -0.136. The minimum Gasteiger partial charge on any atom is -0.480 e. The van der Waals surface area contributed by atoms with E-state index >= 15 is 0 Å². The van der Waals surface area contributed by atoms with Gasteiger partial charge in [-0.2, -0.15) is 13.2 Å². The number of ether oxygens (including phenoxy) is 1. The quantitative estimate of drug-likeness (QED) is 0.538. The van der Waals surface area contributed by atoms with Crippen molar-refractivity contribution in [3.8, 4) is 17.0 Å². The minimum absolute atomic E-state index is 0.0492. The number of furan rings is 1. The van der Waals surface area contributed by atoms with Crippen LogP contribution in [0.5, 0.6) is 5.75 Å². The highest BCUT2D eigenvalue weighted by Crippen LogP contribution is 2.54. The topological polar surface area (TPSA) is 81.7 Å². The Morgan fingerprint density at radius 3 is 2.44 bits per heavy atom. The van der Waals surface area contributed by atoms with E-state index in [9.17, 15) is 27.9 Å². The van der Waals surface area contributed by atoms with Crippen molar-refractivity contribution in [1.29, 1.82) is 0 Å². The van der Waals surface area contributed by atoms with Crippen LogP contribution >= 0.6 is 0 Å². The Hall–Kier alpha value is -3.23. The summed E-state index contributed by atoms with van der Waals surface area (Å²) in [5, 5.41) is 9.49. The van der Waals surface area contributed by atoms with Crippen LogP contribution in [0.1, 0.15) is 67.2 Å². The van der Waals surface area contributed by atoms with Gasteiger partial charge in [0.2, 0.25) is 0 Å². The molecule has 0 amide bonds. The summed E-state index contributed by atoms with van der Waals surface area (Å²) in [4.78, 5) is 24.9. The number of nitrogens with zero attached hydrogens (tertiary/aromatic N) is 1. The molecule has 0 unspecified atom stereocenters. The molecule has 0 spiro atoms. The number of hydrogen-bond acceptors (Lipinski definition) is 4. The molecule has 0 radical (unpaired) electrons. The van der Waals surface area contributed by atoms with Crippen LogP contribution in [0, 0.1) is 5.41 Å². The first-order valence-corrected chi connectivity index (χ1v) is 10.2. The number of aromatic carboxylic acids is 1. The third kappa shape index (κ3) is 2.94. The molecule has 1 fully saturated rings. The molecule has 3 aromatic rings. The number of halogens is 3. The van der Waals surface area contributed by atoms with Gasteiger partial charge in [-0.3, -0.25) is 4.79 Å². The highest BCUT2D eigenvalue weighted by molar-refractivity contribution is 5.96. The van der Waals surface area contributed by atoms with Gasteiger partial charge in [0.25, 0.3) is 5.56 Å². The number of rotatable bonds is 2. The van der Waals surface area contributed by atoms with Crippen LogP contribution in [0.15, 0.2) is 33.7 Å². The molecule has 6 nitrogen and oxygen atoms in total. The Kier molecular flexibility index (Phi) is 4.13. The maximum Gasteiger partial charge on any atom is 0.417 e. The molecule has 1 N–H and O–H groups in total. The molecule has 0 bridgehead atoms. The first kappa shape index (κ1) is 20.7. The predicted octanol–water partition coefficient (Wildman–Crippen LogP) is 5.79. The van der Waals surface area contributed by atoms with Crippen molar-refractivity contribution >= 4 is 16.9 Å². The summed E-state index contributed by atoms with van der Waals surface area (Å²) in [5.41, 5.74) is -1.93. The van der Waals surface area contributed by atoms with E-state index in [4.69, 9.17) is 9.15 Å². The van der Waals surface area contributed by atoms with E-state index in [0.717, 1.165) is 6.07 Å². The van der Waals surface area contributed by atoms with E-state index in [1.807, 2.05) is 20.8 Å². The molecule has 1 saturated carbocycles. The van der Waals surface area contributed by atoms with Crippen molar-refractivity contribution in [3.63, 3.8) is 0 Å². The second kappa shape index (κ2) is 6.40. The normalized spacial score (nSPS) is 18.2. The summed E-state index contributed by atoms with van der Waals surface area (Å²) in [6.45, 7) is 5.63. The SMILES string of the molecule is CC(C)(C)[C@@H]1Oc2c(cc(C(F)(F)F)c3ccoc23)-c2c1cc(C(=O)O)c(=O)n2C1CC1. The number of alkyl halides is 3. The van der Waals surface area contributed by atoms with Gasteiger partial charge in [0.15, 0.2) is 11.3 Å². The Morgan fingerprint density at radius 1 is 1.19 bits per heavy atom. The fraction of sp³-hybridized carbons (Fsp3) is 0.391. The Bertz CT molecular complexity index is 1340. The van der Waals surface area contributed by atoms with Crippen molar-refractivity contribution < 1.29 is 32.2 Å². The number of carbonyl (C=O) groups is 1. The van der Waals surface area contributed by atoms with Gasteiger partial charge in [-0.25, -0.2) is 4.79 Å².